The van der Waals surface area contributed by atoms with E-state index in [0.717, 1.165) is 0 Å². The third kappa shape index (κ3) is 4.51. The summed E-state index contributed by atoms with van der Waals surface area (Å²) in [5, 5.41) is 0. The van der Waals surface area contributed by atoms with Crippen molar-refractivity contribution in [1.82, 2.24) is 9.21 Å². The quantitative estimate of drug-likeness (QED) is 0.670. The zero-order chi connectivity index (χ0) is 13.8. The predicted molar refractivity (Wildman–Crippen MR) is 73.6 cm³/mol. The first-order valence-corrected chi connectivity index (χ1v) is 7.85. The molecular formula is C10H19N3O3S2. The molecule has 1 aliphatic heterocycles. The molecule has 0 saturated carbocycles. The largest absolute Gasteiger partial charge is 0.393 e. The SMILES string of the molecule is CN(CCC(N)=S)C(=O)CCN1CCCS1(=O)=O. The second-order valence-corrected chi connectivity index (χ2v) is 6.96. The highest BCUT2D eigenvalue weighted by molar-refractivity contribution is 7.89. The highest BCUT2D eigenvalue weighted by Crippen LogP contribution is 2.13. The summed E-state index contributed by atoms with van der Waals surface area (Å²) in [7, 11) is -1.45. The molecule has 0 aromatic rings. The Labute approximate surface area is 113 Å². The van der Waals surface area contributed by atoms with Gasteiger partial charge in [0, 0.05) is 39.5 Å². The Bertz CT molecular complexity index is 422. The Kier molecular flexibility index (Phi) is 5.48. The van der Waals surface area contributed by atoms with Crippen LogP contribution < -0.4 is 5.73 Å². The molecule has 0 bridgehead atoms. The number of hydrogen-bond donors (Lipinski definition) is 1. The van der Waals surface area contributed by atoms with E-state index in [1.54, 1.807) is 7.05 Å². The lowest BCUT2D eigenvalue weighted by atomic mass is 10.3. The summed E-state index contributed by atoms with van der Waals surface area (Å²) in [5.74, 6) is 0.103. The molecule has 0 aromatic carbocycles. The number of rotatable bonds is 6. The number of hydrogen-bond acceptors (Lipinski definition) is 4. The predicted octanol–water partition coefficient (Wildman–Crippen LogP) is -0.453. The minimum Gasteiger partial charge on any atom is -0.393 e. The summed E-state index contributed by atoms with van der Waals surface area (Å²) in [6.45, 7) is 1.26. The average Bonchev–Trinajstić information content (AvgIpc) is 2.62. The smallest absolute Gasteiger partial charge is 0.223 e. The summed E-state index contributed by atoms with van der Waals surface area (Å²) in [6.07, 6.45) is 1.33. The molecule has 104 valence electrons. The molecule has 1 saturated heterocycles. The van der Waals surface area contributed by atoms with Crippen LogP contribution in [0, 0.1) is 0 Å². The molecular weight excluding hydrogens is 274 g/mol. The number of nitrogens with zero attached hydrogens (tertiary/aromatic N) is 2. The lowest BCUT2D eigenvalue weighted by Gasteiger charge is -2.19. The van der Waals surface area contributed by atoms with Crippen LogP contribution in [0.1, 0.15) is 19.3 Å². The van der Waals surface area contributed by atoms with Crippen molar-refractivity contribution in [3.05, 3.63) is 0 Å². The molecule has 6 nitrogen and oxygen atoms in total. The first kappa shape index (κ1) is 15.3. The third-order valence-electron chi connectivity index (χ3n) is 2.90. The fourth-order valence-corrected chi connectivity index (χ4v) is 3.38. The molecule has 0 aliphatic carbocycles. The highest BCUT2D eigenvalue weighted by Gasteiger charge is 2.28. The van der Waals surface area contributed by atoms with Gasteiger partial charge in [0.2, 0.25) is 15.9 Å². The number of carbonyl (C=O) groups excluding carboxylic acids is 1. The minimum atomic E-state index is -3.11. The minimum absolute atomic E-state index is 0.0895. The molecule has 8 heteroatoms. The van der Waals surface area contributed by atoms with Gasteiger partial charge in [0.15, 0.2) is 0 Å². The Balaban J connectivity index is 2.34. The van der Waals surface area contributed by atoms with Gasteiger partial charge in [-0.2, -0.15) is 0 Å². The van der Waals surface area contributed by atoms with E-state index in [-0.39, 0.29) is 24.6 Å². The van der Waals surface area contributed by atoms with Crippen molar-refractivity contribution in [2.45, 2.75) is 19.3 Å². The number of thiocarbonyl (C=S) groups is 1. The maximum absolute atomic E-state index is 11.7. The lowest BCUT2D eigenvalue weighted by Crippen LogP contribution is -2.34. The van der Waals surface area contributed by atoms with Crippen molar-refractivity contribution >= 4 is 33.1 Å². The zero-order valence-electron chi connectivity index (χ0n) is 10.5. The summed E-state index contributed by atoms with van der Waals surface area (Å²) < 4.78 is 24.4. The van der Waals surface area contributed by atoms with Crippen LogP contribution in [0.25, 0.3) is 0 Å². The van der Waals surface area contributed by atoms with Crippen molar-refractivity contribution in [2.24, 2.45) is 5.73 Å². The Hall–Kier alpha value is -0.730. The van der Waals surface area contributed by atoms with E-state index >= 15 is 0 Å². The van der Waals surface area contributed by atoms with Crippen molar-refractivity contribution in [3.8, 4) is 0 Å². The standard InChI is InChI=1S/C10H19N3O3S2/c1-12(6-3-9(11)17)10(14)4-7-13-5-2-8-18(13,15)16/h2-8H2,1H3,(H2,11,17). The van der Waals surface area contributed by atoms with Crippen LogP contribution in [0.2, 0.25) is 0 Å². The molecule has 0 aromatic heterocycles. The van der Waals surface area contributed by atoms with Crippen LogP contribution in [0.15, 0.2) is 0 Å². The molecule has 0 atom stereocenters. The molecule has 2 N–H and O–H groups in total. The van der Waals surface area contributed by atoms with E-state index in [9.17, 15) is 13.2 Å². The van der Waals surface area contributed by atoms with E-state index < -0.39 is 10.0 Å². The van der Waals surface area contributed by atoms with Crippen LogP contribution >= 0.6 is 12.2 Å². The Morgan fingerprint density at radius 1 is 1.44 bits per heavy atom. The number of carbonyl (C=O) groups is 1. The zero-order valence-corrected chi connectivity index (χ0v) is 12.1. The molecule has 0 unspecified atom stereocenters. The van der Waals surface area contributed by atoms with Gasteiger partial charge in [-0.25, -0.2) is 12.7 Å². The van der Waals surface area contributed by atoms with Gasteiger partial charge in [-0.3, -0.25) is 4.79 Å². The molecule has 18 heavy (non-hydrogen) atoms. The molecule has 1 fully saturated rings. The number of amides is 1. The summed E-state index contributed by atoms with van der Waals surface area (Å²) >= 11 is 4.73. The van der Waals surface area contributed by atoms with Crippen LogP contribution in [-0.2, 0) is 14.8 Å². The van der Waals surface area contributed by atoms with Crippen molar-refractivity contribution < 1.29 is 13.2 Å². The molecule has 1 rings (SSSR count). The fraction of sp³-hybridized carbons (Fsp3) is 0.800. The topological polar surface area (TPSA) is 83.7 Å². The van der Waals surface area contributed by atoms with Gasteiger partial charge in [-0.15, -0.1) is 0 Å². The maximum Gasteiger partial charge on any atom is 0.223 e. The lowest BCUT2D eigenvalue weighted by molar-refractivity contribution is -0.129. The monoisotopic (exact) mass is 293 g/mol. The second-order valence-electron chi connectivity index (χ2n) is 4.35. The normalized spacial score (nSPS) is 18.7. The molecule has 0 spiro atoms. The van der Waals surface area contributed by atoms with E-state index in [1.807, 2.05) is 0 Å². The Morgan fingerprint density at radius 2 is 2.11 bits per heavy atom. The first-order chi connectivity index (χ1) is 8.33. The fourth-order valence-electron chi connectivity index (χ4n) is 1.76. The van der Waals surface area contributed by atoms with E-state index in [1.165, 1.54) is 9.21 Å². The van der Waals surface area contributed by atoms with Gasteiger partial charge in [-0.1, -0.05) is 12.2 Å². The van der Waals surface area contributed by atoms with E-state index in [2.05, 4.69) is 0 Å². The van der Waals surface area contributed by atoms with E-state index in [4.69, 9.17) is 18.0 Å². The van der Waals surface area contributed by atoms with Crippen LogP contribution in [-0.4, -0.2) is 61.0 Å². The average molecular weight is 293 g/mol. The van der Waals surface area contributed by atoms with Crippen molar-refractivity contribution in [3.63, 3.8) is 0 Å². The number of nitrogens with two attached hydrogens (primary N) is 1. The van der Waals surface area contributed by atoms with Crippen LogP contribution in [0.4, 0.5) is 0 Å². The van der Waals surface area contributed by atoms with Gasteiger partial charge in [0.1, 0.15) is 0 Å². The van der Waals surface area contributed by atoms with Gasteiger partial charge >= 0.3 is 0 Å². The van der Waals surface area contributed by atoms with Crippen LogP contribution in [0.3, 0.4) is 0 Å². The summed E-state index contributed by atoms with van der Waals surface area (Å²) in [6, 6.07) is 0. The van der Waals surface area contributed by atoms with Crippen molar-refractivity contribution in [1.29, 1.82) is 0 Å². The second kappa shape index (κ2) is 6.44. The van der Waals surface area contributed by atoms with Gasteiger partial charge in [-0.05, 0) is 6.42 Å². The molecule has 1 aliphatic rings. The van der Waals surface area contributed by atoms with E-state index in [0.29, 0.717) is 30.9 Å². The highest BCUT2D eigenvalue weighted by atomic mass is 32.2. The van der Waals surface area contributed by atoms with Crippen LogP contribution in [0.5, 0.6) is 0 Å². The first-order valence-electron chi connectivity index (χ1n) is 5.83. The molecule has 1 amide bonds. The Morgan fingerprint density at radius 3 is 2.61 bits per heavy atom. The summed E-state index contributed by atoms with van der Waals surface area (Å²) in [5.41, 5.74) is 5.36. The maximum atomic E-state index is 11.7. The van der Waals surface area contributed by atoms with Gasteiger partial charge in [0.05, 0.1) is 10.7 Å². The third-order valence-corrected chi connectivity index (χ3v) is 5.06. The number of sulfonamides is 1. The molecule has 1 heterocycles. The summed E-state index contributed by atoms with van der Waals surface area (Å²) in [4.78, 5) is 13.6. The molecule has 0 radical (unpaired) electrons. The van der Waals surface area contributed by atoms with Gasteiger partial charge < -0.3 is 10.6 Å². The van der Waals surface area contributed by atoms with Gasteiger partial charge in [0.25, 0.3) is 0 Å². The van der Waals surface area contributed by atoms with Crippen molar-refractivity contribution in [2.75, 3.05) is 32.4 Å².